The van der Waals surface area contributed by atoms with Crippen molar-refractivity contribution in [3.8, 4) is 0 Å². The van der Waals surface area contributed by atoms with Crippen molar-refractivity contribution in [2.75, 3.05) is 6.67 Å². The number of sulfonamides is 1. The fourth-order valence-corrected chi connectivity index (χ4v) is 3.76. The Balaban J connectivity index is 1.76. The lowest BCUT2D eigenvalue weighted by atomic mass is 9.96. The molecule has 0 aromatic heterocycles. The quantitative estimate of drug-likeness (QED) is 0.881. The van der Waals surface area contributed by atoms with Gasteiger partial charge in [-0.1, -0.05) is 36.4 Å². The molecular formula is C17H19FN2O2S. The lowest BCUT2D eigenvalue weighted by Crippen LogP contribution is -2.37. The van der Waals surface area contributed by atoms with Gasteiger partial charge < -0.3 is 5.32 Å². The predicted molar refractivity (Wildman–Crippen MR) is 87.2 cm³/mol. The molecule has 4 nitrogen and oxygen atoms in total. The van der Waals surface area contributed by atoms with Crippen LogP contribution >= 0.6 is 0 Å². The molecule has 1 heterocycles. The second kappa shape index (κ2) is 6.78. The molecule has 2 aromatic rings. The van der Waals surface area contributed by atoms with Gasteiger partial charge in [-0.25, -0.2) is 17.5 Å². The van der Waals surface area contributed by atoms with Crippen molar-refractivity contribution in [1.29, 1.82) is 0 Å². The van der Waals surface area contributed by atoms with Gasteiger partial charge in [0.05, 0.1) is 4.90 Å². The third kappa shape index (κ3) is 3.77. The zero-order valence-corrected chi connectivity index (χ0v) is 13.4. The summed E-state index contributed by atoms with van der Waals surface area (Å²) in [6.45, 7) is 0.326. The Hall–Kier alpha value is -1.76. The normalized spacial score (nSPS) is 17.7. The number of alkyl halides is 1. The van der Waals surface area contributed by atoms with Gasteiger partial charge in [-0.3, -0.25) is 0 Å². The van der Waals surface area contributed by atoms with E-state index < -0.39 is 16.7 Å². The standard InChI is InChI=1S/C17H19FN2O2S/c18-10-16-8-14-6-7-17(9-15(14)12-19-16)23(21,22)20-11-13-4-2-1-3-5-13/h1-7,9,16,19-20H,8,10-12H2/t16-/m0/s1. The van der Waals surface area contributed by atoms with Crippen molar-refractivity contribution in [1.82, 2.24) is 10.0 Å². The molecule has 1 aliphatic rings. The molecule has 0 amide bonds. The fourth-order valence-electron chi connectivity index (χ4n) is 2.69. The molecule has 0 bridgehead atoms. The Morgan fingerprint density at radius 1 is 1.13 bits per heavy atom. The van der Waals surface area contributed by atoms with Crippen LogP contribution in [0.1, 0.15) is 16.7 Å². The van der Waals surface area contributed by atoms with Crippen LogP contribution in [0.25, 0.3) is 0 Å². The lowest BCUT2D eigenvalue weighted by molar-refractivity contribution is 0.358. The van der Waals surface area contributed by atoms with E-state index in [1.54, 1.807) is 18.2 Å². The summed E-state index contributed by atoms with van der Waals surface area (Å²) in [6.07, 6.45) is 0.587. The van der Waals surface area contributed by atoms with Gasteiger partial charge >= 0.3 is 0 Å². The zero-order valence-electron chi connectivity index (χ0n) is 12.6. The summed E-state index contributed by atoms with van der Waals surface area (Å²) >= 11 is 0. The number of rotatable bonds is 5. The molecule has 6 heteroatoms. The van der Waals surface area contributed by atoms with Crippen LogP contribution < -0.4 is 10.0 Å². The van der Waals surface area contributed by atoms with E-state index in [2.05, 4.69) is 10.0 Å². The molecule has 23 heavy (non-hydrogen) atoms. The van der Waals surface area contributed by atoms with Crippen LogP contribution in [0.4, 0.5) is 4.39 Å². The van der Waals surface area contributed by atoms with E-state index in [0.29, 0.717) is 13.0 Å². The lowest BCUT2D eigenvalue weighted by Gasteiger charge is -2.24. The van der Waals surface area contributed by atoms with E-state index in [-0.39, 0.29) is 17.5 Å². The maximum Gasteiger partial charge on any atom is 0.240 e. The average Bonchev–Trinajstić information content (AvgIpc) is 2.60. The van der Waals surface area contributed by atoms with Crippen LogP contribution in [-0.2, 0) is 29.5 Å². The van der Waals surface area contributed by atoms with Crippen molar-refractivity contribution < 1.29 is 12.8 Å². The van der Waals surface area contributed by atoms with E-state index in [1.165, 1.54) is 0 Å². The number of hydrogen-bond acceptors (Lipinski definition) is 3. The highest BCUT2D eigenvalue weighted by Gasteiger charge is 2.21. The SMILES string of the molecule is O=S(=O)(NCc1ccccc1)c1ccc2c(c1)CN[C@H](CF)C2. The van der Waals surface area contributed by atoms with E-state index >= 15 is 0 Å². The molecule has 122 valence electrons. The number of halogens is 1. The summed E-state index contributed by atoms with van der Waals surface area (Å²) < 4.78 is 40.2. The van der Waals surface area contributed by atoms with Crippen molar-refractivity contribution in [3.63, 3.8) is 0 Å². The molecule has 1 aliphatic heterocycles. The van der Waals surface area contributed by atoms with E-state index in [9.17, 15) is 12.8 Å². The molecule has 3 rings (SSSR count). The first-order valence-electron chi connectivity index (χ1n) is 7.53. The fraction of sp³-hybridized carbons (Fsp3) is 0.294. The van der Waals surface area contributed by atoms with Gasteiger partial charge in [0.1, 0.15) is 6.67 Å². The third-order valence-electron chi connectivity index (χ3n) is 4.03. The number of benzene rings is 2. The molecule has 0 radical (unpaired) electrons. The summed E-state index contributed by atoms with van der Waals surface area (Å²) in [5, 5.41) is 3.07. The minimum absolute atomic E-state index is 0.179. The molecule has 0 saturated carbocycles. The van der Waals surface area contributed by atoms with Crippen molar-refractivity contribution >= 4 is 10.0 Å². The highest BCUT2D eigenvalue weighted by atomic mass is 32.2. The number of fused-ring (bicyclic) bond motifs is 1. The summed E-state index contributed by atoms with van der Waals surface area (Å²) in [5.41, 5.74) is 2.83. The average molecular weight is 334 g/mol. The van der Waals surface area contributed by atoms with E-state index in [0.717, 1.165) is 16.7 Å². The van der Waals surface area contributed by atoms with Crippen molar-refractivity contribution in [3.05, 3.63) is 65.2 Å². The Kier molecular flexibility index (Phi) is 4.75. The highest BCUT2D eigenvalue weighted by Crippen LogP contribution is 2.21. The van der Waals surface area contributed by atoms with Crippen LogP contribution in [0.3, 0.4) is 0 Å². The molecule has 1 atom stereocenters. The summed E-state index contributed by atoms with van der Waals surface area (Å²) in [5.74, 6) is 0. The Bertz CT molecular complexity index is 778. The predicted octanol–water partition coefficient (Wildman–Crippen LogP) is 2.15. The highest BCUT2D eigenvalue weighted by molar-refractivity contribution is 7.89. The van der Waals surface area contributed by atoms with Crippen LogP contribution in [0.15, 0.2) is 53.4 Å². The molecule has 2 N–H and O–H groups in total. The Morgan fingerprint density at radius 3 is 2.65 bits per heavy atom. The maximum absolute atomic E-state index is 12.7. The second-order valence-electron chi connectivity index (χ2n) is 5.68. The van der Waals surface area contributed by atoms with E-state index in [4.69, 9.17) is 0 Å². The molecule has 2 aromatic carbocycles. The molecule has 0 aliphatic carbocycles. The maximum atomic E-state index is 12.7. The minimum atomic E-state index is -3.56. The van der Waals surface area contributed by atoms with Gasteiger partial charge in [-0.15, -0.1) is 0 Å². The smallest absolute Gasteiger partial charge is 0.240 e. The van der Waals surface area contributed by atoms with Gasteiger partial charge in [-0.2, -0.15) is 0 Å². The summed E-state index contributed by atoms with van der Waals surface area (Å²) in [4.78, 5) is 0.243. The largest absolute Gasteiger partial charge is 0.307 e. The zero-order chi connectivity index (χ0) is 16.3. The Morgan fingerprint density at radius 2 is 1.91 bits per heavy atom. The Labute approximate surface area is 135 Å². The van der Waals surface area contributed by atoms with E-state index in [1.807, 2.05) is 30.3 Å². The first kappa shape index (κ1) is 16.1. The topological polar surface area (TPSA) is 58.2 Å². The molecule has 0 unspecified atom stereocenters. The molecular weight excluding hydrogens is 315 g/mol. The first-order valence-corrected chi connectivity index (χ1v) is 9.01. The van der Waals surface area contributed by atoms with Crippen LogP contribution in [-0.4, -0.2) is 21.1 Å². The molecule has 0 saturated heterocycles. The minimum Gasteiger partial charge on any atom is -0.307 e. The van der Waals surface area contributed by atoms with Gasteiger partial charge in [0.25, 0.3) is 0 Å². The molecule has 0 fully saturated rings. The van der Waals surface area contributed by atoms with Crippen molar-refractivity contribution in [2.24, 2.45) is 0 Å². The summed E-state index contributed by atoms with van der Waals surface area (Å²) in [6, 6.07) is 14.2. The van der Waals surface area contributed by atoms with Crippen molar-refractivity contribution in [2.45, 2.75) is 30.4 Å². The third-order valence-corrected chi connectivity index (χ3v) is 5.43. The summed E-state index contributed by atoms with van der Waals surface area (Å²) in [7, 11) is -3.56. The first-order chi connectivity index (χ1) is 11.1. The van der Waals surface area contributed by atoms with Crippen LogP contribution in [0.5, 0.6) is 0 Å². The monoisotopic (exact) mass is 334 g/mol. The molecule has 0 spiro atoms. The number of hydrogen-bond donors (Lipinski definition) is 2. The second-order valence-corrected chi connectivity index (χ2v) is 7.44. The van der Waals surface area contributed by atoms with Gasteiger partial charge in [0.15, 0.2) is 0 Å². The van der Waals surface area contributed by atoms with Crippen LogP contribution in [0.2, 0.25) is 0 Å². The van der Waals surface area contributed by atoms with Crippen LogP contribution in [0, 0.1) is 0 Å². The number of nitrogens with one attached hydrogen (secondary N) is 2. The van der Waals surface area contributed by atoms with Gasteiger partial charge in [-0.05, 0) is 35.2 Å². The van der Waals surface area contributed by atoms with Gasteiger partial charge in [0, 0.05) is 19.1 Å². The van der Waals surface area contributed by atoms with Gasteiger partial charge in [0.2, 0.25) is 10.0 Å².